The number of aliphatic hydroxyl groups is 1. The number of hydrogen-bond acceptors (Lipinski definition) is 3. The van der Waals surface area contributed by atoms with Crippen LogP contribution in [0.3, 0.4) is 0 Å². The molecule has 2 atom stereocenters. The van der Waals surface area contributed by atoms with Crippen molar-refractivity contribution in [2.24, 2.45) is 11.8 Å². The Balaban J connectivity index is 1.73. The molecule has 2 unspecified atom stereocenters. The molecule has 2 rings (SSSR count). The molecule has 0 aromatic heterocycles. The molecule has 0 radical (unpaired) electrons. The van der Waals surface area contributed by atoms with Crippen molar-refractivity contribution in [3.05, 3.63) is 0 Å². The molecule has 5 heteroatoms. The zero-order valence-corrected chi connectivity index (χ0v) is 10.9. The highest BCUT2D eigenvalue weighted by molar-refractivity contribution is 5.74. The molecule has 2 N–H and O–H groups in total. The maximum absolute atomic E-state index is 11.9. The molecule has 0 spiro atoms. The Labute approximate surface area is 108 Å². The predicted octanol–water partition coefficient (Wildman–Crippen LogP) is 0.827. The van der Waals surface area contributed by atoms with Gasteiger partial charge in [-0.25, -0.2) is 4.79 Å². The zero-order chi connectivity index (χ0) is 12.8. The monoisotopic (exact) mass is 256 g/mol. The first-order valence-electron chi connectivity index (χ1n) is 7.02. The van der Waals surface area contributed by atoms with Gasteiger partial charge in [0.05, 0.1) is 13.2 Å². The van der Waals surface area contributed by atoms with Gasteiger partial charge in [0, 0.05) is 26.2 Å². The highest BCUT2D eigenvalue weighted by atomic mass is 16.5. The normalized spacial score (nSPS) is 29.1. The lowest BCUT2D eigenvalue weighted by molar-refractivity contribution is 0.0522. The second kappa shape index (κ2) is 6.95. The van der Waals surface area contributed by atoms with Crippen LogP contribution in [0.2, 0.25) is 0 Å². The molecule has 18 heavy (non-hydrogen) atoms. The fraction of sp³-hybridized carbons (Fsp3) is 0.923. The number of aliphatic hydroxyl groups excluding tert-OH is 1. The summed E-state index contributed by atoms with van der Waals surface area (Å²) in [4.78, 5) is 13.7. The second-order valence-electron chi connectivity index (χ2n) is 5.27. The summed E-state index contributed by atoms with van der Waals surface area (Å²) in [7, 11) is 0. The molecule has 2 fully saturated rings. The van der Waals surface area contributed by atoms with E-state index in [0.717, 1.165) is 12.8 Å². The summed E-state index contributed by atoms with van der Waals surface area (Å²) in [5, 5.41) is 12.3. The van der Waals surface area contributed by atoms with Crippen LogP contribution in [0.5, 0.6) is 0 Å². The number of rotatable bonds is 3. The van der Waals surface area contributed by atoms with E-state index in [4.69, 9.17) is 4.74 Å². The van der Waals surface area contributed by atoms with E-state index in [1.807, 2.05) is 0 Å². The van der Waals surface area contributed by atoms with Crippen molar-refractivity contribution < 1.29 is 14.6 Å². The third-order valence-electron chi connectivity index (χ3n) is 4.11. The lowest BCUT2D eigenvalue weighted by Crippen LogP contribution is -2.48. The van der Waals surface area contributed by atoms with Gasteiger partial charge in [0.2, 0.25) is 0 Å². The number of carbonyl (C=O) groups is 1. The lowest BCUT2D eigenvalue weighted by atomic mass is 9.80. The molecular formula is C13H24N2O3. The van der Waals surface area contributed by atoms with E-state index in [9.17, 15) is 9.90 Å². The van der Waals surface area contributed by atoms with Crippen molar-refractivity contribution in [1.82, 2.24) is 10.2 Å². The van der Waals surface area contributed by atoms with Crippen LogP contribution >= 0.6 is 0 Å². The summed E-state index contributed by atoms with van der Waals surface area (Å²) in [6.45, 7) is 3.57. The molecule has 2 aliphatic rings. The fourth-order valence-corrected chi connectivity index (χ4v) is 2.89. The van der Waals surface area contributed by atoms with Gasteiger partial charge in [-0.1, -0.05) is 12.8 Å². The number of nitrogens with zero attached hydrogens (tertiary/aromatic N) is 1. The molecule has 0 aromatic carbocycles. The quantitative estimate of drug-likeness (QED) is 0.786. The third-order valence-corrected chi connectivity index (χ3v) is 4.11. The van der Waals surface area contributed by atoms with Gasteiger partial charge in [-0.3, -0.25) is 0 Å². The van der Waals surface area contributed by atoms with Crippen LogP contribution in [0.4, 0.5) is 4.79 Å². The first-order chi connectivity index (χ1) is 8.81. The molecule has 1 saturated heterocycles. The van der Waals surface area contributed by atoms with Crippen LogP contribution in [0.25, 0.3) is 0 Å². The van der Waals surface area contributed by atoms with Gasteiger partial charge in [0.15, 0.2) is 0 Å². The number of urea groups is 1. The number of hydrogen-bond donors (Lipinski definition) is 2. The SMILES string of the molecule is O=C(NCC1CCCCC1CO)N1CCOCC1. The molecule has 0 bridgehead atoms. The van der Waals surface area contributed by atoms with Crippen molar-refractivity contribution in [2.45, 2.75) is 25.7 Å². The van der Waals surface area contributed by atoms with E-state index < -0.39 is 0 Å². The van der Waals surface area contributed by atoms with Crippen molar-refractivity contribution in [2.75, 3.05) is 39.5 Å². The van der Waals surface area contributed by atoms with E-state index in [-0.39, 0.29) is 12.6 Å². The Kier molecular flexibility index (Phi) is 5.26. The van der Waals surface area contributed by atoms with Crippen LogP contribution in [-0.2, 0) is 4.74 Å². The number of nitrogens with one attached hydrogen (secondary N) is 1. The van der Waals surface area contributed by atoms with Gasteiger partial charge in [-0.2, -0.15) is 0 Å². The van der Waals surface area contributed by atoms with Crippen LogP contribution in [-0.4, -0.2) is 55.5 Å². The molecule has 1 saturated carbocycles. The van der Waals surface area contributed by atoms with Crippen molar-refractivity contribution in [3.8, 4) is 0 Å². The summed E-state index contributed by atoms with van der Waals surface area (Å²) in [5.74, 6) is 0.803. The lowest BCUT2D eigenvalue weighted by Gasteiger charge is -2.32. The van der Waals surface area contributed by atoms with Gasteiger partial charge in [0.1, 0.15) is 0 Å². The average molecular weight is 256 g/mol. The Morgan fingerprint density at radius 1 is 1.22 bits per heavy atom. The molecule has 5 nitrogen and oxygen atoms in total. The van der Waals surface area contributed by atoms with Gasteiger partial charge < -0.3 is 20.1 Å². The molecule has 1 aliphatic heterocycles. The van der Waals surface area contributed by atoms with E-state index in [1.165, 1.54) is 12.8 Å². The predicted molar refractivity (Wildman–Crippen MR) is 68.3 cm³/mol. The summed E-state index contributed by atoms with van der Waals surface area (Å²) in [6, 6.07) is 0.0144. The second-order valence-corrected chi connectivity index (χ2v) is 5.27. The van der Waals surface area contributed by atoms with Crippen LogP contribution in [0, 0.1) is 11.8 Å². The van der Waals surface area contributed by atoms with E-state index in [1.54, 1.807) is 4.90 Å². The molecule has 0 aromatic rings. The van der Waals surface area contributed by atoms with E-state index in [0.29, 0.717) is 44.7 Å². The van der Waals surface area contributed by atoms with Crippen molar-refractivity contribution in [3.63, 3.8) is 0 Å². The highest BCUT2D eigenvalue weighted by Crippen LogP contribution is 2.29. The zero-order valence-electron chi connectivity index (χ0n) is 10.9. The van der Waals surface area contributed by atoms with Crippen LogP contribution in [0.15, 0.2) is 0 Å². The minimum absolute atomic E-state index is 0.0144. The van der Waals surface area contributed by atoms with Gasteiger partial charge in [-0.15, -0.1) is 0 Å². The maximum atomic E-state index is 11.9. The number of amides is 2. The number of morpholine rings is 1. The summed E-state index contributed by atoms with van der Waals surface area (Å²) < 4.78 is 5.22. The Morgan fingerprint density at radius 3 is 2.56 bits per heavy atom. The van der Waals surface area contributed by atoms with E-state index >= 15 is 0 Å². The molecule has 1 heterocycles. The van der Waals surface area contributed by atoms with Gasteiger partial charge in [0.25, 0.3) is 0 Å². The average Bonchev–Trinajstić information content (AvgIpc) is 2.46. The van der Waals surface area contributed by atoms with Crippen LogP contribution < -0.4 is 5.32 Å². The van der Waals surface area contributed by atoms with Gasteiger partial charge >= 0.3 is 6.03 Å². The topological polar surface area (TPSA) is 61.8 Å². The maximum Gasteiger partial charge on any atom is 0.317 e. The molecule has 104 valence electrons. The first kappa shape index (κ1) is 13.6. The third kappa shape index (κ3) is 3.59. The minimum atomic E-state index is 0.0144. The minimum Gasteiger partial charge on any atom is -0.396 e. The molecular weight excluding hydrogens is 232 g/mol. The number of ether oxygens (including phenoxy) is 1. The van der Waals surface area contributed by atoms with Crippen molar-refractivity contribution >= 4 is 6.03 Å². The molecule has 2 amide bonds. The standard InChI is InChI=1S/C13H24N2O3/c16-10-12-4-2-1-3-11(12)9-14-13(17)15-5-7-18-8-6-15/h11-12,16H,1-10H2,(H,14,17). The summed E-state index contributed by atoms with van der Waals surface area (Å²) in [5.41, 5.74) is 0. The smallest absolute Gasteiger partial charge is 0.317 e. The van der Waals surface area contributed by atoms with Crippen LogP contribution in [0.1, 0.15) is 25.7 Å². The fourth-order valence-electron chi connectivity index (χ4n) is 2.89. The Bertz CT molecular complexity index is 267. The first-order valence-corrected chi connectivity index (χ1v) is 7.02. The number of carbonyl (C=O) groups excluding carboxylic acids is 1. The van der Waals surface area contributed by atoms with E-state index in [2.05, 4.69) is 5.32 Å². The Hall–Kier alpha value is -0.810. The Morgan fingerprint density at radius 2 is 1.89 bits per heavy atom. The largest absolute Gasteiger partial charge is 0.396 e. The highest BCUT2D eigenvalue weighted by Gasteiger charge is 2.25. The summed E-state index contributed by atoms with van der Waals surface area (Å²) >= 11 is 0. The van der Waals surface area contributed by atoms with Crippen molar-refractivity contribution in [1.29, 1.82) is 0 Å². The summed E-state index contributed by atoms with van der Waals surface area (Å²) in [6.07, 6.45) is 4.64. The van der Waals surface area contributed by atoms with Gasteiger partial charge in [-0.05, 0) is 24.7 Å². The molecule has 1 aliphatic carbocycles.